The molecular weight excluding hydrogens is 1470 g/mol. The van der Waals surface area contributed by atoms with Gasteiger partial charge in [-0.2, -0.15) is 0 Å². The van der Waals surface area contributed by atoms with Crippen LogP contribution in [0.25, 0.3) is 0 Å². The highest BCUT2D eigenvalue weighted by molar-refractivity contribution is 9.10. The summed E-state index contributed by atoms with van der Waals surface area (Å²) in [6, 6.07) is 48.6. The Kier molecular flexibility index (Phi) is 38.6. The van der Waals surface area contributed by atoms with Gasteiger partial charge in [-0.15, -0.1) is 0 Å². The molecule has 5 aromatic heterocycles. The zero-order valence-electron chi connectivity index (χ0n) is 59.3. The molecule has 0 spiro atoms. The van der Waals surface area contributed by atoms with Gasteiger partial charge in [-0.25, -0.2) is 53.7 Å². The minimum Gasteiger partial charge on any atom is -0.508 e. The molecule has 30 nitrogen and oxygen atoms in total. The predicted octanol–water partition coefficient (Wildman–Crippen LogP) is 13.8. The Bertz CT molecular complexity index is 4260. The molecule has 5 aromatic carbocycles. The Labute approximate surface area is 628 Å². The molecule has 10 aromatic rings. The van der Waals surface area contributed by atoms with E-state index in [1.54, 1.807) is 182 Å². The summed E-state index contributed by atoms with van der Waals surface area (Å²) in [5.41, 5.74) is 2.07. The summed E-state index contributed by atoms with van der Waals surface area (Å²) in [7, 11) is 3.19. The van der Waals surface area contributed by atoms with Gasteiger partial charge in [0.25, 0.3) is 0 Å². The number of aromatic nitrogens is 5. The molecule has 11 rings (SSSR count). The summed E-state index contributed by atoms with van der Waals surface area (Å²) in [4.78, 5) is 86.1. The van der Waals surface area contributed by atoms with Gasteiger partial charge in [-0.05, 0) is 201 Å². The van der Waals surface area contributed by atoms with E-state index >= 15 is 0 Å². The number of carbonyl (C=O) groups is 6. The number of cyclic esters (lactones) is 2. The second-order valence-electron chi connectivity index (χ2n) is 20.4. The summed E-state index contributed by atoms with van der Waals surface area (Å²) < 4.78 is 71.2. The number of rotatable bonds is 25. The SMILES string of the molecule is CCOC(=O)c1ccc(O)cc1.CCOC(=O)c1ccc(Oc2ccc(O)cn2)cc1.CCOC(=O)c1ccc(Oc2ccc(OC)cn2)cc1.CCOC(=O)c1ccc(Oc2ccc(OCCO)cn2)cc1.COc1ccc(Br)nc1.O=C(O)c1ccc(Oc2ccc(OCCO)cn2)cc1.O=C1OCCO1. The number of aromatic carboxylic acids is 1. The Morgan fingerprint density at radius 1 is 0.370 bits per heavy atom. The zero-order valence-corrected chi connectivity index (χ0v) is 60.9. The molecule has 0 bridgehead atoms. The average Bonchev–Trinajstić information content (AvgIpc) is 0.932. The molecule has 1 aliphatic heterocycles. The third-order valence-corrected chi connectivity index (χ3v) is 13.2. The number of carbonyl (C=O) groups excluding carboxylic acids is 5. The van der Waals surface area contributed by atoms with Crippen LogP contribution in [-0.4, -0.2) is 167 Å². The van der Waals surface area contributed by atoms with Crippen molar-refractivity contribution in [2.45, 2.75) is 27.7 Å². The standard InChI is InChI=1S/C16H17NO5.C15H15NO4.C14H13NO5.C14H13NO4.C9H10O3.C6H6BrNO.C3H4O3/c1-2-20-16(19)12-3-5-13(6-4-12)22-15-8-7-14(11-17-15)21-10-9-18;1-3-19-15(17)11-4-6-12(7-5-11)20-14-9-8-13(18-2)10-16-14;16-7-8-19-12-5-6-13(15-9-12)20-11-3-1-10(2-4-11)14(17)18;1-2-18-14(17)10-3-6-12(7-4-10)19-13-8-5-11(16)9-15-13;1-2-12-9(11)7-3-5-8(10)6-4-7;1-9-5-2-3-6(7)8-4-5;4-3-5-1-2-6-3/h3-8,11,18H,2,9-10H2,1H3;4-10H,3H2,1-2H3;1-6,9,16H,7-8H2,(H,17,18);3-9,16H,2H2,1H3;3-6,10H,2H2,1H3;2-4H,1H3;1-2H2. The maximum absolute atomic E-state index is 11.5. The first-order chi connectivity index (χ1) is 52.3. The van der Waals surface area contributed by atoms with Crippen molar-refractivity contribution in [3.05, 3.63) is 245 Å². The Balaban J connectivity index is 0.000000232. The van der Waals surface area contributed by atoms with E-state index < -0.39 is 12.1 Å². The summed E-state index contributed by atoms with van der Waals surface area (Å²) in [5.74, 6) is 4.10. The van der Waals surface area contributed by atoms with Gasteiger partial charge in [0, 0.05) is 24.3 Å². The van der Waals surface area contributed by atoms with Gasteiger partial charge in [0.2, 0.25) is 23.5 Å². The molecule has 0 aliphatic carbocycles. The van der Waals surface area contributed by atoms with Crippen LogP contribution in [0.1, 0.15) is 79.5 Å². The number of aromatic hydroxyl groups is 2. The lowest BCUT2D eigenvalue weighted by Gasteiger charge is -2.07. The van der Waals surface area contributed by atoms with Crippen molar-refractivity contribution in [3.63, 3.8) is 0 Å². The number of esters is 4. The fraction of sp³-hybridized carbons (Fsp3) is 0.208. The Morgan fingerprint density at radius 2 is 0.648 bits per heavy atom. The van der Waals surface area contributed by atoms with Crippen molar-refractivity contribution in [3.8, 4) is 81.0 Å². The van der Waals surface area contributed by atoms with Gasteiger partial charge in [-0.1, -0.05) is 0 Å². The number of aliphatic hydroxyl groups is 2. The molecule has 0 unspecified atom stereocenters. The van der Waals surface area contributed by atoms with E-state index in [1.807, 2.05) is 12.1 Å². The first kappa shape index (κ1) is 85.5. The maximum Gasteiger partial charge on any atom is 0.508 e. The van der Waals surface area contributed by atoms with E-state index in [0.29, 0.717) is 126 Å². The third-order valence-electron chi connectivity index (χ3n) is 12.7. The van der Waals surface area contributed by atoms with Crippen LogP contribution in [0.2, 0.25) is 0 Å². The Hall–Kier alpha value is -13.1. The minimum atomic E-state index is -0.986. The average molecular weight is 1550 g/mol. The molecule has 31 heteroatoms. The van der Waals surface area contributed by atoms with Crippen LogP contribution in [0.4, 0.5) is 4.79 Å². The van der Waals surface area contributed by atoms with Gasteiger partial charge in [-0.3, -0.25) is 0 Å². The number of phenols is 1. The number of pyridine rings is 5. The molecule has 0 radical (unpaired) electrons. The van der Waals surface area contributed by atoms with Gasteiger partial charge in [0.1, 0.15) is 88.5 Å². The van der Waals surface area contributed by atoms with E-state index in [0.717, 1.165) is 10.4 Å². The molecular formula is C77H78BrN5O25. The molecule has 0 atom stereocenters. The molecule has 1 fully saturated rings. The van der Waals surface area contributed by atoms with Gasteiger partial charge >= 0.3 is 36.0 Å². The lowest BCUT2D eigenvalue weighted by atomic mass is 10.2. The number of aliphatic hydroxyl groups excluding tert-OH is 2. The number of phenolic OH excluding ortho intramolecular Hbond substituents is 1. The molecule has 0 saturated carbocycles. The molecule has 0 amide bonds. The molecule has 6 heterocycles. The number of nitrogens with zero attached hydrogens (tertiary/aromatic N) is 5. The predicted molar refractivity (Wildman–Crippen MR) is 391 cm³/mol. The lowest BCUT2D eigenvalue weighted by molar-refractivity contribution is 0.0516. The van der Waals surface area contributed by atoms with Crippen molar-refractivity contribution in [2.75, 3.05) is 80.3 Å². The number of halogens is 1. The second-order valence-corrected chi connectivity index (χ2v) is 21.2. The Morgan fingerprint density at radius 3 is 0.898 bits per heavy atom. The van der Waals surface area contributed by atoms with Gasteiger partial charge < -0.3 is 91.8 Å². The van der Waals surface area contributed by atoms with Gasteiger partial charge in [0.05, 0.1) is 113 Å². The number of hydrogen-bond acceptors (Lipinski definition) is 29. The molecule has 108 heavy (non-hydrogen) atoms. The highest BCUT2D eigenvalue weighted by Crippen LogP contribution is 2.27. The van der Waals surface area contributed by atoms with Crippen molar-refractivity contribution in [2.24, 2.45) is 0 Å². The van der Waals surface area contributed by atoms with E-state index in [4.69, 9.17) is 82.4 Å². The third kappa shape index (κ3) is 33.1. The smallest absolute Gasteiger partial charge is 0.508 e. The number of carboxylic acids is 1. The summed E-state index contributed by atoms with van der Waals surface area (Å²) in [5, 5.41) is 44.1. The van der Waals surface area contributed by atoms with Crippen molar-refractivity contribution >= 4 is 51.9 Å². The number of methoxy groups -OCH3 is 2. The topological polar surface area (TPSA) is 397 Å². The van der Waals surface area contributed by atoms with Crippen LogP contribution in [0.15, 0.2) is 218 Å². The highest BCUT2D eigenvalue weighted by Gasteiger charge is 2.13. The van der Waals surface area contributed by atoms with Crippen LogP contribution in [0, 0.1) is 0 Å². The van der Waals surface area contributed by atoms with Crippen LogP contribution < -0.4 is 37.9 Å². The van der Waals surface area contributed by atoms with E-state index in [1.165, 1.54) is 61.1 Å². The molecule has 1 aliphatic rings. The summed E-state index contributed by atoms with van der Waals surface area (Å²) >= 11 is 3.21. The summed E-state index contributed by atoms with van der Waals surface area (Å²) in [6.07, 6.45) is 6.97. The largest absolute Gasteiger partial charge is 0.508 e. The van der Waals surface area contributed by atoms with E-state index in [9.17, 15) is 28.8 Å². The van der Waals surface area contributed by atoms with Crippen LogP contribution in [-0.2, 0) is 28.4 Å². The van der Waals surface area contributed by atoms with Crippen LogP contribution in [0.5, 0.6) is 81.0 Å². The first-order valence-electron chi connectivity index (χ1n) is 32.6. The first-order valence-corrected chi connectivity index (χ1v) is 33.4. The molecule has 568 valence electrons. The number of ether oxygens (including phenoxy) is 14. The van der Waals surface area contributed by atoms with Gasteiger partial charge in [0.15, 0.2) is 0 Å². The molecule has 1 saturated heterocycles. The van der Waals surface area contributed by atoms with Crippen LogP contribution >= 0.6 is 15.9 Å². The maximum atomic E-state index is 11.5. The highest BCUT2D eigenvalue weighted by atomic mass is 79.9. The fourth-order valence-electron chi connectivity index (χ4n) is 7.69. The normalized spacial score (nSPS) is 10.4. The van der Waals surface area contributed by atoms with Crippen molar-refractivity contribution < 1.29 is 121 Å². The van der Waals surface area contributed by atoms with E-state index in [-0.39, 0.29) is 67.4 Å². The lowest BCUT2D eigenvalue weighted by Crippen LogP contribution is -2.04. The number of carboxylic acid groups (broad SMARTS) is 1. The van der Waals surface area contributed by atoms with E-state index in [2.05, 4.69) is 50.3 Å². The van der Waals surface area contributed by atoms with Crippen molar-refractivity contribution in [1.29, 1.82) is 0 Å². The summed E-state index contributed by atoms with van der Waals surface area (Å²) in [6.45, 7) is 9.57. The number of benzene rings is 5. The minimum absolute atomic E-state index is 0.0505. The fourth-order valence-corrected chi connectivity index (χ4v) is 7.92. The number of hydrogen-bond donors (Lipinski definition) is 5. The zero-order chi connectivity index (χ0) is 78.3. The van der Waals surface area contributed by atoms with Crippen molar-refractivity contribution in [1.82, 2.24) is 24.9 Å². The second kappa shape index (κ2) is 48.7. The monoisotopic (exact) mass is 1550 g/mol. The quantitative estimate of drug-likeness (QED) is 0.0201. The molecule has 5 N–H and O–H groups in total. The van der Waals surface area contributed by atoms with Crippen LogP contribution in [0.3, 0.4) is 0 Å².